The summed E-state index contributed by atoms with van der Waals surface area (Å²) in [6, 6.07) is 3.83. The van der Waals surface area contributed by atoms with E-state index in [0.29, 0.717) is 0 Å². The molecule has 1 rings (SSSR count). The predicted octanol–water partition coefficient (Wildman–Crippen LogP) is 3.86. The number of benzene rings is 1. The van der Waals surface area contributed by atoms with Crippen LogP contribution in [-0.4, -0.2) is 21.0 Å². The van der Waals surface area contributed by atoms with Crippen LogP contribution in [0.1, 0.15) is 37.0 Å². The largest absolute Gasteiger partial charge is 0.462 e. The van der Waals surface area contributed by atoms with Crippen molar-refractivity contribution in [1.29, 1.82) is 0 Å². The monoisotopic (exact) mass is 338 g/mol. The highest BCUT2D eigenvalue weighted by molar-refractivity contribution is 8.13. The van der Waals surface area contributed by atoms with E-state index in [1.807, 2.05) is 6.92 Å². The van der Waals surface area contributed by atoms with Crippen molar-refractivity contribution in [3.05, 3.63) is 28.8 Å². The first-order valence-electron chi connectivity index (χ1n) is 6.17. The van der Waals surface area contributed by atoms with E-state index in [4.69, 9.17) is 27.0 Å². The number of hydrogen-bond acceptors (Lipinski definition) is 4. The van der Waals surface area contributed by atoms with Crippen LogP contribution in [0, 0.1) is 5.92 Å². The number of carbonyl (C=O) groups excluding carboxylic acids is 1. The SMILES string of the molecule is CCCC(C)COC(=O)c1ccc(Cl)c(S(=O)(=O)Cl)c1. The summed E-state index contributed by atoms with van der Waals surface area (Å²) in [5, 5.41) is -0.0316. The predicted molar refractivity (Wildman–Crippen MR) is 78.8 cm³/mol. The molecule has 1 unspecified atom stereocenters. The highest BCUT2D eigenvalue weighted by Crippen LogP contribution is 2.26. The first-order valence-corrected chi connectivity index (χ1v) is 8.85. The molecule has 20 heavy (non-hydrogen) atoms. The molecule has 0 aliphatic rings. The smallest absolute Gasteiger partial charge is 0.338 e. The average molecular weight is 339 g/mol. The van der Waals surface area contributed by atoms with Crippen molar-refractivity contribution in [2.75, 3.05) is 6.61 Å². The third kappa shape index (κ3) is 4.96. The Labute approximate surface area is 128 Å². The van der Waals surface area contributed by atoms with Gasteiger partial charge in [0.2, 0.25) is 0 Å². The lowest BCUT2D eigenvalue weighted by Crippen LogP contribution is -2.12. The van der Waals surface area contributed by atoms with Gasteiger partial charge in [-0.2, -0.15) is 0 Å². The number of hydrogen-bond donors (Lipinski definition) is 0. The summed E-state index contributed by atoms with van der Waals surface area (Å²) in [6.45, 7) is 4.32. The Morgan fingerprint density at radius 1 is 1.40 bits per heavy atom. The van der Waals surface area contributed by atoms with Crippen molar-refractivity contribution in [3.8, 4) is 0 Å². The van der Waals surface area contributed by atoms with E-state index in [2.05, 4.69) is 6.92 Å². The minimum Gasteiger partial charge on any atom is -0.462 e. The summed E-state index contributed by atoms with van der Waals surface area (Å²) in [6.07, 6.45) is 1.96. The van der Waals surface area contributed by atoms with E-state index < -0.39 is 15.0 Å². The Morgan fingerprint density at radius 3 is 2.60 bits per heavy atom. The van der Waals surface area contributed by atoms with E-state index in [1.165, 1.54) is 12.1 Å². The van der Waals surface area contributed by atoms with Gasteiger partial charge in [-0.05, 0) is 30.5 Å². The molecule has 0 aliphatic carbocycles. The highest BCUT2D eigenvalue weighted by Gasteiger charge is 2.18. The lowest BCUT2D eigenvalue weighted by atomic mass is 10.1. The van der Waals surface area contributed by atoms with E-state index in [1.54, 1.807) is 0 Å². The van der Waals surface area contributed by atoms with Crippen molar-refractivity contribution in [1.82, 2.24) is 0 Å². The molecule has 0 spiro atoms. The molecule has 1 aromatic carbocycles. The fourth-order valence-corrected chi connectivity index (χ4v) is 3.19. The second kappa shape index (κ2) is 7.29. The Bertz CT molecular complexity index is 584. The molecule has 0 radical (unpaired) electrons. The molecule has 0 amide bonds. The minimum atomic E-state index is -4.00. The van der Waals surface area contributed by atoms with Gasteiger partial charge in [0.25, 0.3) is 9.05 Å². The maximum atomic E-state index is 11.8. The Balaban J connectivity index is 2.85. The molecule has 0 bridgehead atoms. The third-order valence-corrected chi connectivity index (χ3v) is 4.51. The first kappa shape index (κ1) is 17.3. The lowest BCUT2D eigenvalue weighted by Gasteiger charge is -2.11. The zero-order valence-electron chi connectivity index (χ0n) is 11.2. The van der Waals surface area contributed by atoms with Gasteiger partial charge in [0.05, 0.1) is 17.2 Å². The van der Waals surface area contributed by atoms with Gasteiger partial charge in [0.15, 0.2) is 0 Å². The van der Waals surface area contributed by atoms with Gasteiger partial charge in [-0.1, -0.05) is 31.9 Å². The van der Waals surface area contributed by atoms with Crippen LogP contribution < -0.4 is 0 Å². The van der Waals surface area contributed by atoms with Crippen molar-refractivity contribution in [2.45, 2.75) is 31.6 Å². The number of rotatable bonds is 6. The molecule has 0 N–H and O–H groups in total. The second-order valence-electron chi connectivity index (χ2n) is 4.58. The van der Waals surface area contributed by atoms with Crippen LogP contribution in [0.15, 0.2) is 23.1 Å². The number of esters is 1. The Hall–Kier alpha value is -0.780. The van der Waals surface area contributed by atoms with Crippen molar-refractivity contribution >= 4 is 37.3 Å². The molecular weight excluding hydrogens is 323 g/mol. The quantitative estimate of drug-likeness (QED) is 0.583. The average Bonchev–Trinajstić information content (AvgIpc) is 2.35. The molecule has 0 aliphatic heterocycles. The van der Waals surface area contributed by atoms with Crippen molar-refractivity contribution in [2.24, 2.45) is 5.92 Å². The van der Waals surface area contributed by atoms with Gasteiger partial charge >= 0.3 is 5.97 Å². The van der Waals surface area contributed by atoms with Crippen LogP contribution in [0.5, 0.6) is 0 Å². The maximum Gasteiger partial charge on any atom is 0.338 e. The molecule has 0 saturated heterocycles. The Morgan fingerprint density at radius 2 is 2.05 bits per heavy atom. The van der Waals surface area contributed by atoms with Gasteiger partial charge in [-0.15, -0.1) is 0 Å². The zero-order valence-corrected chi connectivity index (χ0v) is 13.6. The molecule has 1 aromatic rings. The molecule has 0 heterocycles. The van der Waals surface area contributed by atoms with Crippen molar-refractivity contribution in [3.63, 3.8) is 0 Å². The second-order valence-corrected chi connectivity index (χ2v) is 7.52. The van der Waals surface area contributed by atoms with Crippen LogP contribution in [0.3, 0.4) is 0 Å². The molecule has 0 aromatic heterocycles. The normalized spacial score (nSPS) is 13.0. The van der Waals surface area contributed by atoms with Crippen LogP contribution in [-0.2, 0) is 13.8 Å². The summed E-state index contributed by atoms with van der Waals surface area (Å²) in [5.41, 5.74) is 0.109. The maximum absolute atomic E-state index is 11.8. The van der Waals surface area contributed by atoms with Crippen LogP contribution in [0.4, 0.5) is 0 Å². The summed E-state index contributed by atoms with van der Waals surface area (Å²) in [4.78, 5) is 11.5. The molecule has 4 nitrogen and oxygen atoms in total. The molecule has 0 saturated carbocycles. The number of carbonyl (C=O) groups is 1. The van der Waals surface area contributed by atoms with Gasteiger partial charge in [-0.25, -0.2) is 13.2 Å². The first-order chi connectivity index (χ1) is 9.25. The fourth-order valence-electron chi connectivity index (χ4n) is 1.69. The van der Waals surface area contributed by atoms with Gasteiger partial charge in [0.1, 0.15) is 4.90 Å². The summed E-state index contributed by atoms with van der Waals surface area (Å²) in [5.74, 6) is -0.335. The van der Waals surface area contributed by atoms with Crippen LogP contribution in [0.25, 0.3) is 0 Å². The minimum absolute atomic E-state index is 0.0316. The zero-order chi connectivity index (χ0) is 15.3. The number of ether oxygens (including phenoxy) is 1. The van der Waals surface area contributed by atoms with E-state index in [0.717, 1.165) is 18.9 Å². The molecule has 7 heteroatoms. The molecule has 112 valence electrons. The van der Waals surface area contributed by atoms with E-state index in [-0.39, 0.29) is 28.0 Å². The molecular formula is C13H16Cl2O4S. The van der Waals surface area contributed by atoms with E-state index in [9.17, 15) is 13.2 Å². The van der Waals surface area contributed by atoms with Gasteiger partial charge < -0.3 is 4.74 Å². The van der Waals surface area contributed by atoms with Crippen molar-refractivity contribution < 1.29 is 17.9 Å². The summed E-state index contributed by atoms with van der Waals surface area (Å²) in [7, 11) is 1.25. The Kier molecular flexibility index (Phi) is 6.30. The highest BCUT2D eigenvalue weighted by atomic mass is 35.7. The van der Waals surface area contributed by atoms with Crippen LogP contribution in [0.2, 0.25) is 5.02 Å². The molecule has 0 fully saturated rings. The molecule has 1 atom stereocenters. The lowest BCUT2D eigenvalue weighted by molar-refractivity contribution is 0.0443. The fraction of sp³-hybridized carbons (Fsp3) is 0.462. The standard InChI is InChI=1S/C13H16Cl2O4S/c1-3-4-9(2)8-19-13(16)10-5-6-11(14)12(7-10)20(15,17)18/h5-7,9H,3-4,8H2,1-2H3. The third-order valence-electron chi connectivity index (χ3n) is 2.71. The van der Waals surface area contributed by atoms with E-state index >= 15 is 0 Å². The summed E-state index contributed by atoms with van der Waals surface area (Å²) >= 11 is 5.74. The summed E-state index contributed by atoms with van der Waals surface area (Å²) < 4.78 is 27.7. The van der Waals surface area contributed by atoms with Gasteiger partial charge in [0, 0.05) is 10.7 Å². The van der Waals surface area contributed by atoms with Gasteiger partial charge in [-0.3, -0.25) is 0 Å². The topological polar surface area (TPSA) is 60.4 Å². The number of halogens is 2. The van der Waals surface area contributed by atoms with Crippen LogP contribution >= 0.6 is 22.3 Å².